The van der Waals surface area contributed by atoms with E-state index in [1.807, 2.05) is 0 Å². The Balaban J connectivity index is 1.42. The number of non-ortho nitro benzene ring substituents is 1. The maximum absolute atomic E-state index is 12.3. The molecule has 1 amide bonds. The molecule has 4 atom stereocenters. The number of carbonyl (C=O) groups excluding carboxylic acids is 1. The van der Waals surface area contributed by atoms with Crippen LogP contribution in [0.5, 0.6) is 0 Å². The van der Waals surface area contributed by atoms with Gasteiger partial charge in [-0.05, 0) is 55.1 Å². The average molecular weight is 272 g/mol. The zero-order valence-corrected chi connectivity index (χ0v) is 11.0. The van der Waals surface area contributed by atoms with Crippen LogP contribution in [0.25, 0.3) is 0 Å². The molecule has 3 fully saturated rings. The van der Waals surface area contributed by atoms with Gasteiger partial charge in [0, 0.05) is 23.7 Å². The summed E-state index contributed by atoms with van der Waals surface area (Å²) < 4.78 is 0. The molecular weight excluding hydrogens is 256 g/mol. The number of fused-ring (bicyclic) bond motifs is 5. The summed E-state index contributed by atoms with van der Waals surface area (Å²) in [5.41, 5.74) is 0.697. The van der Waals surface area contributed by atoms with E-state index in [4.69, 9.17) is 0 Å². The van der Waals surface area contributed by atoms with Gasteiger partial charge in [-0.15, -0.1) is 0 Å². The lowest BCUT2D eigenvalue weighted by Crippen LogP contribution is -2.18. The average Bonchev–Trinajstić information content (AvgIpc) is 2.89. The highest BCUT2D eigenvalue weighted by atomic mass is 16.6. The van der Waals surface area contributed by atoms with Crippen molar-refractivity contribution in [2.45, 2.75) is 19.3 Å². The molecule has 1 aromatic carbocycles. The van der Waals surface area contributed by atoms with Gasteiger partial charge in [0.15, 0.2) is 0 Å². The number of hydrogen-bond donors (Lipinski definition) is 1. The highest BCUT2D eigenvalue weighted by Crippen LogP contribution is 2.69. The summed E-state index contributed by atoms with van der Waals surface area (Å²) in [6.45, 7) is 0. The molecule has 0 radical (unpaired) electrons. The fourth-order valence-electron chi connectivity index (χ4n) is 4.57. The lowest BCUT2D eigenvalue weighted by molar-refractivity contribution is -0.384. The largest absolute Gasteiger partial charge is 0.326 e. The summed E-state index contributed by atoms with van der Waals surface area (Å²) in [5, 5.41) is 13.5. The monoisotopic (exact) mass is 272 g/mol. The minimum atomic E-state index is -0.436. The van der Waals surface area contributed by atoms with Crippen molar-refractivity contribution in [2.24, 2.45) is 29.6 Å². The fraction of sp³-hybridized carbons (Fsp3) is 0.533. The molecule has 3 saturated carbocycles. The van der Waals surface area contributed by atoms with E-state index in [1.165, 1.54) is 31.4 Å². The standard InChI is InChI=1S/C15H16N2O3/c18-15(14-12-8-1-2-9(7-8)13(12)14)16-10-3-5-11(6-4-10)17(19)20/h3-6,8-9,12-14H,1-2,7H2,(H,16,18). The molecule has 104 valence electrons. The van der Waals surface area contributed by atoms with E-state index in [1.54, 1.807) is 12.1 Å². The van der Waals surface area contributed by atoms with Crippen LogP contribution in [0.1, 0.15) is 19.3 Å². The van der Waals surface area contributed by atoms with Gasteiger partial charge in [-0.25, -0.2) is 0 Å². The molecule has 3 aliphatic rings. The van der Waals surface area contributed by atoms with Gasteiger partial charge < -0.3 is 5.32 Å². The smallest absolute Gasteiger partial charge is 0.269 e. The van der Waals surface area contributed by atoms with E-state index in [0.29, 0.717) is 17.5 Å². The summed E-state index contributed by atoms with van der Waals surface area (Å²) in [5.74, 6) is 3.08. The molecule has 4 unspecified atom stereocenters. The van der Waals surface area contributed by atoms with E-state index >= 15 is 0 Å². The molecule has 20 heavy (non-hydrogen) atoms. The van der Waals surface area contributed by atoms with Crippen molar-refractivity contribution in [3.8, 4) is 0 Å². The van der Waals surface area contributed by atoms with Crippen molar-refractivity contribution in [3.05, 3.63) is 34.4 Å². The van der Waals surface area contributed by atoms with Gasteiger partial charge in [0.2, 0.25) is 5.91 Å². The molecule has 0 aromatic heterocycles. The number of carbonyl (C=O) groups is 1. The molecule has 2 bridgehead atoms. The van der Waals surface area contributed by atoms with Gasteiger partial charge in [0.1, 0.15) is 0 Å². The molecule has 0 aliphatic heterocycles. The van der Waals surface area contributed by atoms with Gasteiger partial charge in [-0.3, -0.25) is 14.9 Å². The Bertz CT molecular complexity index is 567. The van der Waals surface area contributed by atoms with E-state index in [2.05, 4.69) is 5.32 Å². The molecule has 3 aliphatic carbocycles. The molecular formula is C15H16N2O3. The molecule has 5 heteroatoms. The number of nitro benzene ring substituents is 1. The third-order valence-corrected chi connectivity index (χ3v) is 5.38. The van der Waals surface area contributed by atoms with Crippen molar-refractivity contribution < 1.29 is 9.72 Å². The summed E-state index contributed by atoms with van der Waals surface area (Å²) in [7, 11) is 0. The summed E-state index contributed by atoms with van der Waals surface area (Å²) in [6, 6.07) is 6.05. The van der Waals surface area contributed by atoms with Crippen LogP contribution in [0.4, 0.5) is 11.4 Å². The zero-order valence-electron chi connectivity index (χ0n) is 11.0. The van der Waals surface area contributed by atoms with Gasteiger partial charge in [0.25, 0.3) is 5.69 Å². The Labute approximate surface area is 116 Å². The van der Waals surface area contributed by atoms with E-state index in [-0.39, 0.29) is 17.5 Å². The van der Waals surface area contributed by atoms with Gasteiger partial charge in [0.05, 0.1) is 4.92 Å². The van der Waals surface area contributed by atoms with Crippen LogP contribution in [0.15, 0.2) is 24.3 Å². The second-order valence-corrected chi connectivity index (χ2v) is 6.31. The first-order valence-corrected chi connectivity index (χ1v) is 7.20. The van der Waals surface area contributed by atoms with Crippen LogP contribution in [-0.2, 0) is 4.79 Å². The SMILES string of the molecule is O=C(Nc1ccc([N+](=O)[O-])cc1)C1C2C3CCC(C3)C12. The molecule has 4 rings (SSSR count). The highest BCUT2D eigenvalue weighted by Gasteiger charge is 2.67. The Hall–Kier alpha value is -1.91. The lowest BCUT2D eigenvalue weighted by Gasteiger charge is -2.09. The first-order chi connectivity index (χ1) is 9.65. The van der Waals surface area contributed by atoms with Crippen LogP contribution in [0.3, 0.4) is 0 Å². The maximum atomic E-state index is 12.3. The number of nitrogens with zero attached hydrogens (tertiary/aromatic N) is 1. The third kappa shape index (κ3) is 1.65. The first-order valence-electron chi connectivity index (χ1n) is 7.20. The molecule has 1 aromatic rings. The summed E-state index contributed by atoms with van der Waals surface area (Å²) in [6.07, 6.45) is 3.93. The van der Waals surface area contributed by atoms with Gasteiger partial charge in [-0.1, -0.05) is 0 Å². The number of hydrogen-bond acceptors (Lipinski definition) is 3. The lowest BCUT2D eigenvalue weighted by atomic mass is 10.0. The van der Waals surface area contributed by atoms with Gasteiger partial charge in [-0.2, -0.15) is 0 Å². The van der Waals surface area contributed by atoms with Crippen LogP contribution >= 0.6 is 0 Å². The van der Waals surface area contributed by atoms with Crippen molar-refractivity contribution >= 4 is 17.3 Å². The highest BCUT2D eigenvalue weighted by molar-refractivity contribution is 5.95. The zero-order chi connectivity index (χ0) is 13.9. The number of rotatable bonds is 3. The molecule has 0 spiro atoms. The maximum Gasteiger partial charge on any atom is 0.269 e. The number of benzene rings is 1. The van der Waals surface area contributed by atoms with Crippen molar-refractivity contribution in [2.75, 3.05) is 5.32 Å². The Kier molecular flexibility index (Phi) is 2.40. The van der Waals surface area contributed by atoms with E-state index < -0.39 is 4.92 Å². The predicted octanol–water partition coefficient (Wildman–Crippen LogP) is 2.83. The molecule has 1 N–H and O–H groups in total. The molecule has 0 saturated heterocycles. The summed E-state index contributed by atoms with van der Waals surface area (Å²) >= 11 is 0. The number of nitrogens with one attached hydrogen (secondary N) is 1. The predicted molar refractivity (Wildman–Crippen MR) is 73.0 cm³/mol. The number of amides is 1. The van der Waals surface area contributed by atoms with Crippen LogP contribution in [-0.4, -0.2) is 10.8 Å². The van der Waals surface area contributed by atoms with Crippen LogP contribution in [0, 0.1) is 39.7 Å². The molecule has 0 heterocycles. The quantitative estimate of drug-likeness (QED) is 0.679. The van der Waals surface area contributed by atoms with Crippen LogP contribution < -0.4 is 5.32 Å². The normalized spacial score (nSPS) is 36.5. The Morgan fingerprint density at radius 2 is 1.75 bits per heavy atom. The van der Waals surface area contributed by atoms with E-state index in [9.17, 15) is 14.9 Å². The second kappa shape index (κ2) is 4.04. The van der Waals surface area contributed by atoms with Crippen molar-refractivity contribution in [3.63, 3.8) is 0 Å². The van der Waals surface area contributed by atoms with Crippen molar-refractivity contribution in [1.29, 1.82) is 0 Å². The topological polar surface area (TPSA) is 72.2 Å². The third-order valence-electron chi connectivity index (χ3n) is 5.38. The minimum Gasteiger partial charge on any atom is -0.326 e. The fourth-order valence-corrected chi connectivity index (χ4v) is 4.57. The van der Waals surface area contributed by atoms with Crippen LogP contribution in [0.2, 0.25) is 0 Å². The molecule has 5 nitrogen and oxygen atoms in total. The van der Waals surface area contributed by atoms with Gasteiger partial charge >= 0.3 is 0 Å². The first kappa shape index (κ1) is 11.9. The minimum absolute atomic E-state index is 0.0457. The van der Waals surface area contributed by atoms with E-state index in [0.717, 1.165) is 11.8 Å². The Morgan fingerprint density at radius 1 is 1.15 bits per heavy atom. The summed E-state index contributed by atoms with van der Waals surface area (Å²) in [4.78, 5) is 22.4. The second-order valence-electron chi connectivity index (χ2n) is 6.31. The van der Waals surface area contributed by atoms with Crippen molar-refractivity contribution in [1.82, 2.24) is 0 Å². The number of anilines is 1. The Morgan fingerprint density at radius 3 is 2.30 bits per heavy atom. The number of nitro groups is 1.